The fourth-order valence-corrected chi connectivity index (χ4v) is 1.38. The van der Waals surface area contributed by atoms with Gasteiger partial charge in [-0.3, -0.25) is 0 Å². The second-order valence-electron chi connectivity index (χ2n) is 2.90. The van der Waals surface area contributed by atoms with Crippen LogP contribution in [-0.4, -0.2) is 5.54 Å². The van der Waals surface area contributed by atoms with Crippen LogP contribution in [0.3, 0.4) is 0 Å². The highest BCUT2D eigenvalue weighted by molar-refractivity contribution is 5.05. The first-order valence-electron chi connectivity index (χ1n) is 3.52. The van der Waals surface area contributed by atoms with Crippen molar-refractivity contribution < 1.29 is 0 Å². The van der Waals surface area contributed by atoms with Crippen molar-refractivity contribution in [3.8, 4) is 0 Å². The first-order chi connectivity index (χ1) is 3.73. The van der Waals surface area contributed by atoms with E-state index in [1.54, 1.807) is 0 Å². The summed E-state index contributed by atoms with van der Waals surface area (Å²) in [7, 11) is 0. The van der Waals surface area contributed by atoms with Crippen molar-refractivity contribution >= 4 is 0 Å². The van der Waals surface area contributed by atoms with E-state index in [1.807, 2.05) is 0 Å². The van der Waals surface area contributed by atoms with Gasteiger partial charge < -0.3 is 5.73 Å². The fraction of sp³-hybridized carbons (Fsp3) is 1.00. The Morgan fingerprint density at radius 3 is 2.38 bits per heavy atom. The molecule has 0 aliphatic heterocycles. The minimum Gasteiger partial charge on any atom is -0.325 e. The van der Waals surface area contributed by atoms with Crippen LogP contribution < -0.4 is 5.73 Å². The molecule has 0 heterocycles. The molecule has 0 aromatic rings. The summed E-state index contributed by atoms with van der Waals surface area (Å²) in [6.07, 6.45) is 3.69. The van der Waals surface area contributed by atoms with Crippen LogP contribution in [0.25, 0.3) is 0 Å². The molecule has 1 saturated carbocycles. The van der Waals surface area contributed by atoms with Crippen molar-refractivity contribution in [1.29, 1.82) is 0 Å². The van der Waals surface area contributed by atoms with Crippen LogP contribution in [0.1, 0.15) is 33.1 Å². The molecule has 0 spiro atoms. The summed E-state index contributed by atoms with van der Waals surface area (Å²) < 4.78 is 0. The Bertz CT molecular complexity index is 90.4. The van der Waals surface area contributed by atoms with Gasteiger partial charge >= 0.3 is 0 Å². The highest BCUT2D eigenvalue weighted by atomic mass is 14.8. The Balaban J connectivity index is 2.31. The molecule has 0 saturated heterocycles. The van der Waals surface area contributed by atoms with Gasteiger partial charge in [-0.1, -0.05) is 20.3 Å². The van der Waals surface area contributed by atoms with Crippen molar-refractivity contribution in [3.05, 3.63) is 0 Å². The van der Waals surface area contributed by atoms with Gasteiger partial charge in [-0.05, 0) is 18.8 Å². The number of hydrogen-bond donors (Lipinski definition) is 1. The Kier molecular flexibility index (Phi) is 1.31. The van der Waals surface area contributed by atoms with Crippen LogP contribution in [0.15, 0.2) is 0 Å². The van der Waals surface area contributed by atoms with E-state index in [2.05, 4.69) is 13.8 Å². The molecule has 48 valence electrons. The van der Waals surface area contributed by atoms with E-state index in [0.29, 0.717) is 0 Å². The number of nitrogens with two attached hydrogens (primary N) is 1. The second kappa shape index (κ2) is 1.73. The monoisotopic (exact) mass is 113 g/mol. The largest absolute Gasteiger partial charge is 0.325 e. The lowest BCUT2D eigenvalue weighted by Gasteiger charge is -2.03. The molecule has 0 bridgehead atoms. The predicted molar refractivity (Wildman–Crippen MR) is 35.6 cm³/mol. The van der Waals surface area contributed by atoms with Crippen LogP contribution in [0.4, 0.5) is 0 Å². The van der Waals surface area contributed by atoms with Gasteiger partial charge in [0.25, 0.3) is 0 Å². The lowest BCUT2D eigenvalue weighted by atomic mass is 10.1. The molecular formula is C7H15N. The molecule has 0 aromatic carbocycles. The zero-order valence-electron chi connectivity index (χ0n) is 5.78. The van der Waals surface area contributed by atoms with Gasteiger partial charge in [0.15, 0.2) is 0 Å². The lowest BCUT2D eigenvalue weighted by molar-refractivity contribution is 0.565. The van der Waals surface area contributed by atoms with E-state index in [1.165, 1.54) is 12.8 Å². The van der Waals surface area contributed by atoms with E-state index in [0.717, 1.165) is 12.3 Å². The van der Waals surface area contributed by atoms with Gasteiger partial charge in [0.1, 0.15) is 0 Å². The summed E-state index contributed by atoms with van der Waals surface area (Å²) in [5.74, 6) is 0.840. The van der Waals surface area contributed by atoms with Crippen molar-refractivity contribution in [2.24, 2.45) is 11.7 Å². The summed E-state index contributed by atoms with van der Waals surface area (Å²) in [6.45, 7) is 4.39. The van der Waals surface area contributed by atoms with Gasteiger partial charge in [-0.15, -0.1) is 0 Å². The maximum absolute atomic E-state index is 5.90. The third kappa shape index (κ3) is 0.752. The Morgan fingerprint density at radius 1 is 1.62 bits per heavy atom. The standard InChI is InChI=1S/C7H15N/c1-3-6-5-7(6,8)4-2/h6H,3-5,8H2,1-2H3/t6-,7-/m0/s1. The number of rotatable bonds is 2. The Labute approximate surface area is 51.3 Å². The maximum atomic E-state index is 5.90. The van der Waals surface area contributed by atoms with Gasteiger partial charge in [0.05, 0.1) is 0 Å². The first kappa shape index (κ1) is 6.09. The minimum atomic E-state index is 0.259. The molecule has 1 rings (SSSR count). The maximum Gasteiger partial charge on any atom is 0.0184 e. The van der Waals surface area contributed by atoms with Gasteiger partial charge in [0, 0.05) is 5.54 Å². The second-order valence-corrected chi connectivity index (χ2v) is 2.90. The lowest BCUT2D eigenvalue weighted by Crippen LogP contribution is -2.23. The normalized spacial score (nSPS) is 44.6. The summed E-state index contributed by atoms with van der Waals surface area (Å²) in [5.41, 5.74) is 6.16. The van der Waals surface area contributed by atoms with Crippen LogP contribution in [-0.2, 0) is 0 Å². The van der Waals surface area contributed by atoms with Gasteiger partial charge in [0.2, 0.25) is 0 Å². The summed E-state index contributed by atoms with van der Waals surface area (Å²) >= 11 is 0. The van der Waals surface area contributed by atoms with Gasteiger partial charge in [-0.25, -0.2) is 0 Å². The van der Waals surface area contributed by atoms with E-state index >= 15 is 0 Å². The first-order valence-corrected chi connectivity index (χ1v) is 3.52. The van der Waals surface area contributed by atoms with Crippen LogP contribution >= 0.6 is 0 Å². The van der Waals surface area contributed by atoms with Gasteiger partial charge in [-0.2, -0.15) is 0 Å². The van der Waals surface area contributed by atoms with Crippen molar-refractivity contribution in [2.75, 3.05) is 0 Å². The van der Waals surface area contributed by atoms with E-state index in [4.69, 9.17) is 5.73 Å². The third-order valence-electron chi connectivity index (χ3n) is 2.43. The summed E-state index contributed by atoms with van der Waals surface area (Å²) in [5, 5.41) is 0. The molecule has 1 fully saturated rings. The quantitative estimate of drug-likeness (QED) is 0.577. The molecule has 1 heteroatoms. The predicted octanol–water partition coefficient (Wildman–Crippen LogP) is 1.52. The van der Waals surface area contributed by atoms with Crippen LogP contribution in [0, 0.1) is 5.92 Å². The topological polar surface area (TPSA) is 26.0 Å². The molecular weight excluding hydrogens is 98.1 g/mol. The zero-order valence-corrected chi connectivity index (χ0v) is 5.78. The van der Waals surface area contributed by atoms with Crippen molar-refractivity contribution in [2.45, 2.75) is 38.6 Å². The molecule has 0 aromatic heterocycles. The fourth-order valence-electron chi connectivity index (χ4n) is 1.38. The minimum absolute atomic E-state index is 0.259. The molecule has 0 amide bonds. The average molecular weight is 113 g/mol. The Hall–Kier alpha value is -0.0400. The molecule has 1 aliphatic rings. The summed E-state index contributed by atoms with van der Waals surface area (Å²) in [6, 6.07) is 0. The molecule has 1 aliphatic carbocycles. The molecule has 0 radical (unpaired) electrons. The van der Waals surface area contributed by atoms with E-state index in [-0.39, 0.29) is 5.54 Å². The third-order valence-corrected chi connectivity index (χ3v) is 2.43. The van der Waals surface area contributed by atoms with E-state index < -0.39 is 0 Å². The smallest absolute Gasteiger partial charge is 0.0184 e. The molecule has 2 N–H and O–H groups in total. The van der Waals surface area contributed by atoms with Crippen molar-refractivity contribution in [1.82, 2.24) is 0 Å². The zero-order chi connectivity index (χ0) is 6.20. The molecule has 2 atom stereocenters. The van der Waals surface area contributed by atoms with Crippen molar-refractivity contribution in [3.63, 3.8) is 0 Å². The Morgan fingerprint density at radius 2 is 2.25 bits per heavy atom. The SMILES string of the molecule is CC[C@H]1C[C@@]1(N)CC. The average Bonchev–Trinajstić information content (AvgIpc) is 2.44. The molecule has 8 heavy (non-hydrogen) atoms. The highest BCUT2D eigenvalue weighted by Crippen LogP contribution is 2.45. The molecule has 0 unspecified atom stereocenters. The van der Waals surface area contributed by atoms with E-state index in [9.17, 15) is 0 Å². The highest BCUT2D eigenvalue weighted by Gasteiger charge is 2.47. The number of hydrogen-bond acceptors (Lipinski definition) is 1. The van der Waals surface area contributed by atoms with Crippen LogP contribution in [0.2, 0.25) is 0 Å². The van der Waals surface area contributed by atoms with Crippen LogP contribution in [0.5, 0.6) is 0 Å². The summed E-state index contributed by atoms with van der Waals surface area (Å²) in [4.78, 5) is 0. The molecule has 1 nitrogen and oxygen atoms in total.